The van der Waals surface area contributed by atoms with Crippen LogP contribution >= 0.6 is 0 Å². The maximum absolute atomic E-state index is 8.33. The summed E-state index contributed by atoms with van der Waals surface area (Å²) >= 11 is 0. The lowest BCUT2D eigenvalue weighted by Gasteiger charge is -2.15. The molecule has 1 aliphatic rings. The summed E-state index contributed by atoms with van der Waals surface area (Å²) in [6.07, 6.45) is 10.0. The van der Waals surface area contributed by atoms with Crippen LogP contribution in [0.5, 0.6) is 0 Å². The van der Waals surface area contributed by atoms with Crippen molar-refractivity contribution in [1.82, 2.24) is 0 Å². The molecule has 0 heterocycles. The molecule has 0 spiro atoms. The Labute approximate surface area is 62.4 Å². The Bertz CT molecular complexity index is 153. The van der Waals surface area contributed by atoms with E-state index in [9.17, 15) is 0 Å². The fourth-order valence-electron chi connectivity index (χ4n) is 1.39. The number of hydrogen-bond donors (Lipinski definition) is 0. The molecule has 0 saturated carbocycles. The third kappa shape index (κ3) is 2.23. The number of rotatable bonds is 2. The Morgan fingerprint density at radius 1 is 1.50 bits per heavy atom. The van der Waals surface area contributed by atoms with Crippen LogP contribution in [0, 0.1) is 17.2 Å². The van der Waals surface area contributed by atoms with Gasteiger partial charge in [0.15, 0.2) is 0 Å². The molecule has 1 unspecified atom stereocenters. The molecule has 1 nitrogen and oxygen atoms in total. The van der Waals surface area contributed by atoms with Gasteiger partial charge in [-0.25, -0.2) is 0 Å². The van der Waals surface area contributed by atoms with Gasteiger partial charge in [-0.3, -0.25) is 0 Å². The van der Waals surface area contributed by atoms with Gasteiger partial charge >= 0.3 is 0 Å². The van der Waals surface area contributed by atoms with Crippen molar-refractivity contribution in [1.29, 1.82) is 5.26 Å². The van der Waals surface area contributed by atoms with Crippen molar-refractivity contribution in [2.24, 2.45) is 5.92 Å². The largest absolute Gasteiger partial charge is 0.198 e. The zero-order valence-corrected chi connectivity index (χ0v) is 6.21. The van der Waals surface area contributed by atoms with Crippen LogP contribution in [-0.4, -0.2) is 0 Å². The van der Waals surface area contributed by atoms with Gasteiger partial charge in [-0.05, 0) is 31.6 Å². The van der Waals surface area contributed by atoms with Crippen LogP contribution in [0.25, 0.3) is 0 Å². The van der Waals surface area contributed by atoms with Crippen molar-refractivity contribution in [3.05, 3.63) is 12.2 Å². The minimum atomic E-state index is 0.735. The Hall–Kier alpha value is -0.770. The van der Waals surface area contributed by atoms with Crippen molar-refractivity contribution in [3.63, 3.8) is 0 Å². The first-order valence-corrected chi connectivity index (χ1v) is 3.95. The first-order chi connectivity index (χ1) is 4.93. The first-order valence-electron chi connectivity index (χ1n) is 3.95. The van der Waals surface area contributed by atoms with Gasteiger partial charge in [0.25, 0.3) is 0 Å². The second-order valence-corrected chi connectivity index (χ2v) is 2.85. The topological polar surface area (TPSA) is 23.8 Å². The molecule has 10 heavy (non-hydrogen) atoms. The average Bonchev–Trinajstić information content (AvgIpc) is 2.03. The molecule has 1 heteroatoms. The highest BCUT2D eigenvalue weighted by molar-refractivity contribution is 4.90. The average molecular weight is 135 g/mol. The van der Waals surface area contributed by atoms with Gasteiger partial charge in [0.05, 0.1) is 6.07 Å². The minimum Gasteiger partial charge on any atom is -0.198 e. The minimum absolute atomic E-state index is 0.735. The first kappa shape index (κ1) is 7.34. The highest BCUT2D eigenvalue weighted by atomic mass is 14.2. The van der Waals surface area contributed by atoms with E-state index >= 15 is 0 Å². The van der Waals surface area contributed by atoms with Crippen molar-refractivity contribution in [2.45, 2.75) is 32.1 Å². The standard InChI is InChI=1S/C9H13N/c10-8-4-7-9-5-2-1-3-6-9/h1-2,9H,3-7H2. The summed E-state index contributed by atoms with van der Waals surface area (Å²) in [5, 5.41) is 8.33. The van der Waals surface area contributed by atoms with Crippen LogP contribution < -0.4 is 0 Å². The molecule has 0 amide bonds. The molecule has 1 atom stereocenters. The molecule has 0 saturated heterocycles. The SMILES string of the molecule is N#CCCC1CC=CCC1. The summed E-state index contributed by atoms with van der Waals surface area (Å²) in [7, 11) is 0. The van der Waals surface area contributed by atoms with Crippen LogP contribution in [-0.2, 0) is 0 Å². The zero-order chi connectivity index (χ0) is 7.23. The van der Waals surface area contributed by atoms with Crippen molar-refractivity contribution < 1.29 is 0 Å². The molecule has 0 fully saturated rings. The van der Waals surface area contributed by atoms with Crippen molar-refractivity contribution in [2.75, 3.05) is 0 Å². The lowest BCUT2D eigenvalue weighted by atomic mass is 9.91. The van der Waals surface area contributed by atoms with E-state index in [2.05, 4.69) is 18.2 Å². The smallest absolute Gasteiger partial charge is 0.0621 e. The summed E-state index contributed by atoms with van der Waals surface area (Å²) < 4.78 is 0. The number of allylic oxidation sites excluding steroid dienone is 2. The van der Waals surface area contributed by atoms with E-state index in [0.717, 1.165) is 18.8 Å². The van der Waals surface area contributed by atoms with E-state index in [0.29, 0.717) is 0 Å². The molecule has 1 rings (SSSR count). The highest BCUT2D eigenvalue weighted by Gasteiger charge is 2.07. The fraction of sp³-hybridized carbons (Fsp3) is 0.667. The van der Waals surface area contributed by atoms with Crippen molar-refractivity contribution in [3.8, 4) is 6.07 Å². The lowest BCUT2D eigenvalue weighted by molar-refractivity contribution is 0.451. The number of nitrogens with zero attached hydrogens (tertiary/aromatic N) is 1. The molecule has 0 aromatic heterocycles. The Morgan fingerprint density at radius 3 is 3.00 bits per heavy atom. The molecule has 0 radical (unpaired) electrons. The Kier molecular flexibility index (Phi) is 3.02. The summed E-state index contributed by atoms with van der Waals surface area (Å²) in [5.74, 6) is 0.796. The van der Waals surface area contributed by atoms with E-state index in [1.165, 1.54) is 19.3 Å². The van der Waals surface area contributed by atoms with Gasteiger partial charge in [0.2, 0.25) is 0 Å². The Morgan fingerprint density at radius 2 is 2.40 bits per heavy atom. The van der Waals surface area contributed by atoms with Crippen LogP contribution in [0.1, 0.15) is 32.1 Å². The zero-order valence-electron chi connectivity index (χ0n) is 6.21. The number of hydrogen-bond acceptors (Lipinski definition) is 1. The summed E-state index contributed by atoms with van der Waals surface area (Å²) in [6, 6.07) is 2.19. The molecule has 0 aromatic carbocycles. The molecule has 0 N–H and O–H groups in total. The Balaban J connectivity index is 2.17. The van der Waals surface area contributed by atoms with E-state index in [1.807, 2.05) is 0 Å². The van der Waals surface area contributed by atoms with Gasteiger partial charge in [0.1, 0.15) is 0 Å². The van der Waals surface area contributed by atoms with Crippen molar-refractivity contribution >= 4 is 0 Å². The third-order valence-electron chi connectivity index (χ3n) is 2.04. The highest BCUT2D eigenvalue weighted by Crippen LogP contribution is 2.22. The van der Waals surface area contributed by atoms with Crippen LogP contribution in [0.15, 0.2) is 12.2 Å². The molecule has 0 aromatic rings. The molecular weight excluding hydrogens is 122 g/mol. The second-order valence-electron chi connectivity index (χ2n) is 2.85. The molecule has 1 aliphatic carbocycles. The van der Waals surface area contributed by atoms with Crippen LogP contribution in [0.4, 0.5) is 0 Å². The summed E-state index contributed by atoms with van der Waals surface area (Å²) in [5.41, 5.74) is 0. The van der Waals surface area contributed by atoms with Gasteiger partial charge in [-0.1, -0.05) is 12.2 Å². The van der Waals surface area contributed by atoms with E-state index in [4.69, 9.17) is 5.26 Å². The molecule has 0 bridgehead atoms. The van der Waals surface area contributed by atoms with E-state index in [1.54, 1.807) is 0 Å². The predicted molar refractivity (Wildman–Crippen MR) is 41.3 cm³/mol. The molecule has 54 valence electrons. The summed E-state index contributed by atoms with van der Waals surface area (Å²) in [6.45, 7) is 0. The molecule has 0 aliphatic heterocycles. The van der Waals surface area contributed by atoms with Gasteiger partial charge < -0.3 is 0 Å². The number of nitriles is 1. The van der Waals surface area contributed by atoms with Crippen LogP contribution in [0.3, 0.4) is 0 Å². The normalized spacial score (nSPS) is 24.1. The maximum Gasteiger partial charge on any atom is 0.0621 e. The monoisotopic (exact) mass is 135 g/mol. The van der Waals surface area contributed by atoms with Gasteiger partial charge in [0, 0.05) is 6.42 Å². The predicted octanol–water partition coefficient (Wildman–Crippen LogP) is 2.65. The van der Waals surface area contributed by atoms with Gasteiger partial charge in [-0.15, -0.1) is 0 Å². The fourth-order valence-corrected chi connectivity index (χ4v) is 1.39. The van der Waals surface area contributed by atoms with E-state index in [-0.39, 0.29) is 0 Å². The third-order valence-corrected chi connectivity index (χ3v) is 2.04. The maximum atomic E-state index is 8.33. The van der Waals surface area contributed by atoms with Crippen LogP contribution in [0.2, 0.25) is 0 Å². The quantitative estimate of drug-likeness (QED) is 0.534. The van der Waals surface area contributed by atoms with E-state index < -0.39 is 0 Å². The summed E-state index contributed by atoms with van der Waals surface area (Å²) in [4.78, 5) is 0. The second kappa shape index (κ2) is 4.11. The molecular formula is C9H13N. The lowest BCUT2D eigenvalue weighted by Crippen LogP contribution is -2.01. The van der Waals surface area contributed by atoms with Gasteiger partial charge in [-0.2, -0.15) is 5.26 Å².